The molecule has 0 fully saturated rings. The van der Waals surface area contributed by atoms with Crippen LogP contribution in [0.1, 0.15) is 5.56 Å². The number of halogens is 1. The summed E-state index contributed by atoms with van der Waals surface area (Å²) in [7, 11) is 1.56. The molecule has 4 nitrogen and oxygen atoms in total. The lowest BCUT2D eigenvalue weighted by atomic mass is 10.2. The van der Waals surface area contributed by atoms with Crippen LogP contribution in [0.15, 0.2) is 42.5 Å². The average Bonchev–Trinajstić information content (AvgIpc) is 2.39. The molecule has 0 aromatic heterocycles. The minimum Gasteiger partial charge on any atom is -0.493 e. The third-order valence-corrected chi connectivity index (χ3v) is 2.85. The third-order valence-electron chi connectivity index (χ3n) is 2.53. The monoisotopic (exact) mass is 276 g/mol. The zero-order chi connectivity index (χ0) is 13.8. The van der Waals surface area contributed by atoms with E-state index in [1.165, 1.54) is 0 Å². The normalized spacial score (nSPS) is 10.0. The molecule has 0 bridgehead atoms. The van der Waals surface area contributed by atoms with Crippen molar-refractivity contribution in [2.75, 3.05) is 7.11 Å². The lowest BCUT2D eigenvalue weighted by Crippen LogP contribution is -2.13. The van der Waals surface area contributed by atoms with Gasteiger partial charge < -0.3 is 15.2 Å². The number of hydrogen-bond donors (Lipinski definition) is 2. The molecule has 0 amide bonds. The molecule has 0 aliphatic heterocycles. The van der Waals surface area contributed by atoms with Gasteiger partial charge in [0.05, 0.1) is 17.7 Å². The molecule has 19 heavy (non-hydrogen) atoms. The topological polar surface area (TPSA) is 68.3 Å². The van der Waals surface area contributed by atoms with Crippen LogP contribution in [-0.2, 0) is 0 Å². The van der Waals surface area contributed by atoms with E-state index in [1.54, 1.807) is 37.4 Å². The van der Waals surface area contributed by atoms with Crippen LogP contribution in [0.4, 0.5) is 0 Å². The van der Waals surface area contributed by atoms with Gasteiger partial charge in [-0.25, -0.2) is 0 Å². The standard InChI is InChI=1S/C14H13ClN2O2/c1-18-10-6-2-3-7-11(10)19-12-8-4-5-9(15)13(12)14(16)17/h2-8H,1H3,(H3,16,17). The second-order valence-corrected chi connectivity index (χ2v) is 4.19. The first-order valence-electron chi connectivity index (χ1n) is 5.57. The van der Waals surface area contributed by atoms with E-state index >= 15 is 0 Å². The fourth-order valence-electron chi connectivity index (χ4n) is 1.67. The lowest BCUT2D eigenvalue weighted by Gasteiger charge is -2.13. The number of nitrogens with one attached hydrogen (secondary N) is 1. The Balaban J connectivity index is 2.44. The molecule has 3 N–H and O–H groups in total. The van der Waals surface area contributed by atoms with Crippen LogP contribution in [0.25, 0.3) is 0 Å². The Labute approximate surface area is 116 Å². The van der Waals surface area contributed by atoms with E-state index in [0.29, 0.717) is 27.8 Å². The highest BCUT2D eigenvalue weighted by Gasteiger charge is 2.13. The van der Waals surface area contributed by atoms with Crippen molar-refractivity contribution in [2.24, 2.45) is 5.73 Å². The molecule has 0 heterocycles. The molecule has 0 atom stereocenters. The van der Waals surface area contributed by atoms with Gasteiger partial charge >= 0.3 is 0 Å². The molecule has 2 rings (SSSR count). The zero-order valence-corrected chi connectivity index (χ0v) is 11.1. The van der Waals surface area contributed by atoms with Crippen molar-refractivity contribution in [2.45, 2.75) is 0 Å². The summed E-state index contributed by atoms with van der Waals surface area (Å²) in [5, 5.41) is 7.94. The van der Waals surface area contributed by atoms with E-state index in [1.807, 2.05) is 12.1 Å². The van der Waals surface area contributed by atoms with Gasteiger partial charge in [-0.2, -0.15) is 0 Å². The molecule has 0 saturated heterocycles. The van der Waals surface area contributed by atoms with E-state index < -0.39 is 0 Å². The van der Waals surface area contributed by atoms with Crippen molar-refractivity contribution >= 4 is 17.4 Å². The number of benzene rings is 2. The minimum atomic E-state index is -0.143. The first-order chi connectivity index (χ1) is 9.13. The first kappa shape index (κ1) is 13.2. The Morgan fingerprint density at radius 2 is 1.68 bits per heavy atom. The highest BCUT2D eigenvalue weighted by atomic mass is 35.5. The molecular weight excluding hydrogens is 264 g/mol. The van der Waals surface area contributed by atoms with Crippen molar-refractivity contribution < 1.29 is 9.47 Å². The lowest BCUT2D eigenvalue weighted by molar-refractivity contribution is 0.378. The number of rotatable bonds is 4. The van der Waals surface area contributed by atoms with E-state index in [0.717, 1.165) is 0 Å². The SMILES string of the molecule is COc1ccccc1Oc1cccc(Cl)c1C(=N)N. The van der Waals surface area contributed by atoms with E-state index in [2.05, 4.69) is 0 Å². The maximum Gasteiger partial charge on any atom is 0.169 e. The van der Waals surface area contributed by atoms with Crippen LogP contribution in [0.3, 0.4) is 0 Å². The van der Waals surface area contributed by atoms with Crippen LogP contribution in [0.5, 0.6) is 17.2 Å². The van der Waals surface area contributed by atoms with E-state index in [4.69, 9.17) is 32.2 Å². The summed E-state index contributed by atoms with van der Waals surface area (Å²) in [6.45, 7) is 0. The van der Waals surface area contributed by atoms with Crippen molar-refractivity contribution in [3.63, 3.8) is 0 Å². The molecule has 2 aromatic carbocycles. The van der Waals surface area contributed by atoms with Gasteiger partial charge in [-0.05, 0) is 24.3 Å². The van der Waals surface area contributed by atoms with Crippen LogP contribution in [-0.4, -0.2) is 12.9 Å². The summed E-state index contributed by atoms with van der Waals surface area (Å²) >= 11 is 6.03. The smallest absolute Gasteiger partial charge is 0.169 e. The number of amidine groups is 1. The van der Waals surface area contributed by atoms with Gasteiger partial charge in [0.2, 0.25) is 0 Å². The number of para-hydroxylation sites is 2. The average molecular weight is 277 g/mol. The summed E-state index contributed by atoms with van der Waals surface area (Å²) in [5.41, 5.74) is 5.90. The number of nitrogen functional groups attached to an aromatic ring is 1. The van der Waals surface area contributed by atoms with Gasteiger partial charge in [0.15, 0.2) is 11.5 Å². The highest BCUT2D eigenvalue weighted by molar-refractivity contribution is 6.34. The van der Waals surface area contributed by atoms with Crippen molar-refractivity contribution in [3.8, 4) is 17.2 Å². The molecule has 0 spiro atoms. The Morgan fingerprint density at radius 1 is 1.05 bits per heavy atom. The fraction of sp³-hybridized carbons (Fsp3) is 0.0714. The third kappa shape index (κ3) is 2.80. The van der Waals surface area contributed by atoms with Crippen LogP contribution < -0.4 is 15.2 Å². The summed E-state index contributed by atoms with van der Waals surface area (Å²) in [4.78, 5) is 0. The molecular formula is C14H13ClN2O2. The fourth-order valence-corrected chi connectivity index (χ4v) is 1.94. The second-order valence-electron chi connectivity index (χ2n) is 3.78. The van der Waals surface area contributed by atoms with Crippen LogP contribution >= 0.6 is 11.6 Å². The maximum absolute atomic E-state index is 7.56. The maximum atomic E-state index is 7.56. The molecule has 98 valence electrons. The zero-order valence-electron chi connectivity index (χ0n) is 10.3. The number of nitrogens with two attached hydrogens (primary N) is 1. The van der Waals surface area contributed by atoms with Gasteiger partial charge in [0, 0.05) is 0 Å². The molecule has 2 aromatic rings. The number of hydrogen-bond acceptors (Lipinski definition) is 3. The van der Waals surface area contributed by atoms with Crippen molar-refractivity contribution in [1.82, 2.24) is 0 Å². The van der Waals surface area contributed by atoms with Gasteiger partial charge in [-0.15, -0.1) is 0 Å². The molecule has 0 unspecified atom stereocenters. The van der Waals surface area contributed by atoms with Gasteiger partial charge in [-0.3, -0.25) is 5.41 Å². The summed E-state index contributed by atoms with van der Waals surface area (Å²) in [5.74, 6) is 1.41. The molecule has 5 heteroatoms. The first-order valence-corrected chi connectivity index (χ1v) is 5.95. The van der Waals surface area contributed by atoms with E-state index in [-0.39, 0.29) is 5.84 Å². The Hall–Kier alpha value is -2.20. The van der Waals surface area contributed by atoms with E-state index in [9.17, 15) is 0 Å². The predicted octanol–water partition coefficient (Wildman–Crippen LogP) is 3.42. The highest BCUT2D eigenvalue weighted by Crippen LogP contribution is 2.34. The predicted molar refractivity (Wildman–Crippen MR) is 75.5 cm³/mol. The Morgan fingerprint density at radius 3 is 2.32 bits per heavy atom. The van der Waals surface area contributed by atoms with Gasteiger partial charge in [-0.1, -0.05) is 29.8 Å². The number of ether oxygens (including phenoxy) is 2. The van der Waals surface area contributed by atoms with Crippen molar-refractivity contribution in [1.29, 1.82) is 5.41 Å². The Bertz CT molecular complexity index is 614. The second kappa shape index (κ2) is 5.63. The van der Waals surface area contributed by atoms with Gasteiger partial charge in [0.25, 0.3) is 0 Å². The quantitative estimate of drug-likeness (QED) is 0.664. The molecule has 0 saturated carbocycles. The summed E-state index contributed by atoms with van der Waals surface area (Å²) in [6.07, 6.45) is 0. The Kier molecular flexibility index (Phi) is 3.92. The molecule has 0 aliphatic carbocycles. The number of methoxy groups -OCH3 is 1. The molecule has 0 aliphatic rings. The summed E-state index contributed by atoms with van der Waals surface area (Å²) < 4.78 is 10.9. The molecule has 0 radical (unpaired) electrons. The van der Waals surface area contributed by atoms with Crippen LogP contribution in [0, 0.1) is 5.41 Å². The van der Waals surface area contributed by atoms with Gasteiger partial charge in [0.1, 0.15) is 11.6 Å². The largest absolute Gasteiger partial charge is 0.493 e. The minimum absolute atomic E-state index is 0.143. The van der Waals surface area contributed by atoms with Crippen LogP contribution in [0.2, 0.25) is 5.02 Å². The van der Waals surface area contributed by atoms with Crippen molar-refractivity contribution in [3.05, 3.63) is 53.1 Å². The summed E-state index contributed by atoms with van der Waals surface area (Å²) in [6, 6.07) is 12.3.